The maximum absolute atomic E-state index is 13.8. The van der Waals surface area contributed by atoms with Gasteiger partial charge in [0, 0.05) is 49.3 Å². The standard InChI is InChI=1S/C29H39BrN4O4S2/c1-21(2)19-33(20-22(3)4)40(36,37)25-9-6-23(7-10-25)28(35)34(13-5-12-32-14-16-38-17-15-32)29-31-26-11-8-24(30)18-27(26)39-29/h6-11,18,21-22H,5,12-17,19-20H2,1-4H3. The lowest BCUT2D eigenvalue weighted by molar-refractivity contribution is 0.0376. The van der Waals surface area contributed by atoms with E-state index in [1.54, 1.807) is 33.5 Å². The molecule has 0 N–H and O–H groups in total. The predicted octanol–water partition coefficient (Wildman–Crippen LogP) is 5.73. The minimum atomic E-state index is -3.68. The fraction of sp³-hybridized carbons (Fsp3) is 0.517. The Balaban J connectivity index is 1.57. The van der Waals surface area contributed by atoms with Gasteiger partial charge >= 0.3 is 0 Å². The first-order valence-electron chi connectivity index (χ1n) is 13.8. The van der Waals surface area contributed by atoms with Gasteiger partial charge in [-0.2, -0.15) is 4.31 Å². The quantitative estimate of drug-likeness (QED) is 0.249. The van der Waals surface area contributed by atoms with Crippen molar-refractivity contribution in [3.05, 3.63) is 52.5 Å². The summed E-state index contributed by atoms with van der Waals surface area (Å²) in [6, 6.07) is 12.2. The summed E-state index contributed by atoms with van der Waals surface area (Å²) in [4.78, 5) is 22.9. The van der Waals surface area contributed by atoms with Crippen LogP contribution in [0.2, 0.25) is 0 Å². The Morgan fingerprint density at radius 2 is 1.70 bits per heavy atom. The third-order valence-electron chi connectivity index (χ3n) is 6.65. The highest BCUT2D eigenvalue weighted by atomic mass is 79.9. The van der Waals surface area contributed by atoms with Crippen molar-refractivity contribution < 1.29 is 17.9 Å². The van der Waals surface area contributed by atoms with Crippen LogP contribution in [0.5, 0.6) is 0 Å². The van der Waals surface area contributed by atoms with E-state index in [1.165, 1.54) is 11.3 Å². The number of halogens is 1. The minimum absolute atomic E-state index is 0.190. The van der Waals surface area contributed by atoms with E-state index in [4.69, 9.17) is 9.72 Å². The molecule has 1 aliphatic rings. The molecule has 1 saturated heterocycles. The van der Waals surface area contributed by atoms with Gasteiger partial charge in [-0.1, -0.05) is 55.0 Å². The van der Waals surface area contributed by atoms with Gasteiger partial charge in [-0.15, -0.1) is 0 Å². The Morgan fingerprint density at radius 1 is 1.05 bits per heavy atom. The predicted molar refractivity (Wildman–Crippen MR) is 166 cm³/mol. The smallest absolute Gasteiger partial charge is 0.260 e. The van der Waals surface area contributed by atoms with Crippen LogP contribution in [-0.4, -0.2) is 81.0 Å². The van der Waals surface area contributed by atoms with E-state index in [-0.39, 0.29) is 22.6 Å². The van der Waals surface area contributed by atoms with E-state index < -0.39 is 10.0 Å². The van der Waals surface area contributed by atoms with E-state index in [2.05, 4.69) is 20.8 Å². The van der Waals surface area contributed by atoms with Crippen LogP contribution in [0.3, 0.4) is 0 Å². The fourth-order valence-corrected chi connectivity index (χ4v) is 8.03. The molecule has 2 aromatic carbocycles. The van der Waals surface area contributed by atoms with Crippen LogP contribution in [0.4, 0.5) is 5.13 Å². The Morgan fingerprint density at radius 3 is 2.33 bits per heavy atom. The van der Waals surface area contributed by atoms with Crippen LogP contribution in [-0.2, 0) is 14.8 Å². The second-order valence-corrected chi connectivity index (χ2v) is 14.9. The van der Waals surface area contributed by atoms with Gasteiger partial charge in [0.05, 0.1) is 28.3 Å². The summed E-state index contributed by atoms with van der Waals surface area (Å²) in [7, 11) is -3.68. The number of carbonyl (C=O) groups excluding carboxylic acids is 1. The van der Waals surface area contributed by atoms with Gasteiger partial charge in [-0.05, 0) is 60.7 Å². The first kappa shape index (κ1) is 31.1. The van der Waals surface area contributed by atoms with Gasteiger partial charge < -0.3 is 4.74 Å². The Labute approximate surface area is 250 Å². The maximum atomic E-state index is 13.8. The number of sulfonamides is 1. The van der Waals surface area contributed by atoms with Gasteiger partial charge in [0.1, 0.15) is 0 Å². The van der Waals surface area contributed by atoms with E-state index in [0.29, 0.717) is 30.3 Å². The topological polar surface area (TPSA) is 83.1 Å². The zero-order valence-electron chi connectivity index (χ0n) is 23.7. The summed E-state index contributed by atoms with van der Waals surface area (Å²) in [5, 5.41) is 0.636. The summed E-state index contributed by atoms with van der Waals surface area (Å²) < 4.78 is 35.9. The molecule has 8 nitrogen and oxygen atoms in total. The van der Waals surface area contributed by atoms with Crippen molar-refractivity contribution in [3.8, 4) is 0 Å². The first-order valence-corrected chi connectivity index (χ1v) is 16.9. The molecule has 0 unspecified atom stereocenters. The van der Waals surface area contributed by atoms with Crippen LogP contribution in [0.1, 0.15) is 44.5 Å². The van der Waals surface area contributed by atoms with E-state index >= 15 is 0 Å². The summed E-state index contributed by atoms with van der Waals surface area (Å²) in [5.74, 6) is 0.218. The van der Waals surface area contributed by atoms with Crippen molar-refractivity contribution in [2.24, 2.45) is 11.8 Å². The summed E-state index contributed by atoms with van der Waals surface area (Å²) in [6.45, 7) is 13.6. The molecule has 2 heterocycles. The Bertz CT molecular complexity index is 1380. The number of benzene rings is 2. The number of amides is 1. The molecule has 3 aromatic rings. The van der Waals surface area contributed by atoms with E-state index in [9.17, 15) is 13.2 Å². The van der Waals surface area contributed by atoms with Crippen LogP contribution >= 0.6 is 27.3 Å². The van der Waals surface area contributed by atoms with Crippen molar-refractivity contribution >= 4 is 58.5 Å². The molecule has 0 aliphatic carbocycles. The highest BCUT2D eigenvalue weighted by Gasteiger charge is 2.27. The SMILES string of the molecule is CC(C)CN(CC(C)C)S(=O)(=O)c1ccc(C(=O)N(CCCN2CCOCC2)c2nc3ccc(Br)cc3s2)cc1. The van der Waals surface area contributed by atoms with E-state index in [1.807, 2.05) is 45.9 Å². The normalized spacial score (nSPS) is 15.0. The van der Waals surface area contributed by atoms with Crippen molar-refractivity contribution in [2.45, 2.75) is 39.0 Å². The lowest BCUT2D eigenvalue weighted by atomic mass is 10.2. The molecule has 218 valence electrons. The number of fused-ring (bicyclic) bond motifs is 1. The second kappa shape index (κ2) is 13.8. The number of hydrogen-bond acceptors (Lipinski definition) is 7. The number of hydrogen-bond donors (Lipinski definition) is 0. The minimum Gasteiger partial charge on any atom is -0.379 e. The first-order chi connectivity index (χ1) is 19.0. The molecule has 11 heteroatoms. The number of carbonyl (C=O) groups is 1. The molecule has 40 heavy (non-hydrogen) atoms. The fourth-order valence-electron chi connectivity index (χ4n) is 4.72. The van der Waals surface area contributed by atoms with Crippen molar-refractivity contribution in [1.82, 2.24) is 14.2 Å². The average molecular weight is 652 g/mol. The zero-order chi connectivity index (χ0) is 28.9. The summed E-state index contributed by atoms with van der Waals surface area (Å²) >= 11 is 5.00. The summed E-state index contributed by atoms with van der Waals surface area (Å²) in [5.41, 5.74) is 1.27. The van der Waals surface area contributed by atoms with Crippen molar-refractivity contribution in [2.75, 3.05) is 57.4 Å². The third kappa shape index (κ3) is 7.89. The molecule has 1 aliphatic heterocycles. The van der Waals surface area contributed by atoms with Crippen LogP contribution < -0.4 is 4.90 Å². The molecule has 1 fully saturated rings. The lowest BCUT2D eigenvalue weighted by Gasteiger charge is -2.28. The third-order valence-corrected chi connectivity index (χ3v) is 10.0. The number of nitrogens with zero attached hydrogens (tertiary/aromatic N) is 4. The molecule has 0 spiro atoms. The Kier molecular flexibility index (Phi) is 10.8. The molecular weight excluding hydrogens is 612 g/mol. The highest BCUT2D eigenvalue weighted by molar-refractivity contribution is 9.10. The van der Waals surface area contributed by atoms with Gasteiger partial charge in [0.15, 0.2) is 5.13 Å². The van der Waals surface area contributed by atoms with Gasteiger partial charge in [-0.25, -0.2) is 13.4 Å². The Hall–Kier alpha value is -1.89. The van der Waals surface area contributed by atoms with E-state index in [0.717, 1.165) is 54.0 Å². The highest BCUT2D eigenvalue weighted by Crippen LogP contribution is 2.32. The molecule has 4 rings (SSSR count). The van der Waals surface area contributed by atoms with Gasteiger partial charge in [0.2, 0.25) is 10.0 Å². The number of anilines is 1. The molecule has 1 aromatic heterocycles. The van der Waals surface area contributed by atoms with Gasteiger partial charge in [0.25, 0.3) is 5.91 Å². The average Bonchev–Trinajstić information content (AvgIpc) is 3.33. The molecule has 1 amide bonds. The van der Waals surface area contributed by atoms with Crippen LogP contribution in [0, 0.1) is 11.8 Å². The maximum Gasteiger partial charge on any atom is 0.260 e. The number of ether oxygens (including phenoxy) is 1. The van der Waals surface area contributed by atoms with Gasteiger partial charge in [-0.3, -0.25) is 14.6 Å². The number of rotatable bonds is 12. The lowest BCUT2D eigenvalue weighted by Crippen LogP contribution is -2.39. The van der Waals surface area contributed by atoms with Crippen molar-refractivity contribution in [1.29, 1.82) is 0 Å². The molecule has 0 radical (unpaired) electrons. The van der Waals surface area contributed by atoms with Crippen LogP contribution in [0.15, 0.2) is 51.8 Å². The van der Waals surface area contributed by atoms with Crippen molar-refractivity contribution in [3.63, 3.8) is 0 Å². The zero-order valence-corrected chi connectivity index (χ0v) is 26.9. The monoisotopic (exact) mass is 650 g/mol. The molecular formula is C29H39BrN4O4S2. The second-order valence-electron chi connectivity index (χ2n) is 11.0. The number of thiazole rings is 1. The molecule has 0 saturated carbocycles. The number of morpholine rings is 1. The van der Waals surface area contributed by atoms with Crippen LogP contribution in [0.25, 0.3) is 10.2 Å². The number of aromatic nitrogens is 1. The molecule has 0 bridgehead atoms. The largest absolute Gasteiger partial charge is 0.379 e. The molecule has 0 atom stereocenters. The summed E-state index contributed by atoms with van der Waals surface area (Å²) in [6.07, 6.45) is 0.789.